The summed E-state index contributed by atoms with van der Waals surface area (Å²) in [4.78, 5) is 13.5. The standard InChI is InChI=1S/C20H25N3OS/c1-23-16-4-2-3-5-17(16)25-19(23)22-21-18(24)12-20-9-13-6-14(10-20)8-15(7-13)11-20/h2-5,13-15H,6-12H2,1H3,(H,21,24)/b22-19+. The smallest absolute Gasteiger partial charge is 0.240 e. The predicted octanol–water partition coefficient (Wildman–Crippen LogP) is 3.78. The van der Waals surface area contributed by atoms with Crippen molar-refractivity contribution in [2.75, 3.05) is 0 Å². The molecule has 132 valence electrons. The number of nitrogens with zero attached hydrogens (tertiary/aromatic N) is 2. The van der Waals surface area contributed by atoms with Crippen LogP contribution in [-0.2, 0) is 11.8 Å². The zero-order valence-electron chi connectivity index (χ0n) is 14.7. The molecule has 0 saturated heterocycles. The van der Waals surface area contributed by atoms with Crippen molar-refractivity contribution in [3.05, 3.63) is 29.1 Å². The van der Waals surface area contributed by atoms with Gasteiger partial charge in [0.15, 0.2) is 0 Å². The first-order chi connectivity index (χ1) is 12.1. The summed E-state index contributed by atoms with van der Waals surface area (Å²) in [6.45, 7) is 0. The van der Waals surface area contributed by atoms with Crippen LogP contribution < -0.4 is 10.2 Å². The number of aryl methyl sites for hydroxylation is 1. The van der Waals surface area contributed by atoms with Crippen LogP contribution in [0.15, 0.2) is 29.4 Å². The summed E-state index contributed by atoms with van der Waals surface area (Å²) in [5.41, 5.74) is 4.28. The van der Waals surface area contributed by atoms with Gasteiger partial charge in [0, 0.05) is 13.5 Å². The maximum Gasteiger partial charge on any atom is 0.240 e. The van der Waals surface area contributed by atoms with Gasteiger partial charge in [-0.2, -0.15) is 0 Å². The minimum atomic E-state index is 0.0967. The second-order valence-electron chi connectivity index (χ2n) is 8.65. The van der Waals surface area contributed by atoms with Crippen LogP contribution in [-0.4, -0.2) is 10.5 Å². The molecule has 1 heterocycles. The van der Waals surface area contributed by atoms with Crippen molar-refractivity contribution in [1.29, 1.82) is 0 Å². The fraction of sp³-hybridized carbons (Fsp3) is 0.600. The molecule has 0 radical (unpaired) electrons. The van der Waals surface area contributed by atoms with Gasteiger partial charge in [0.2, 0.25) is 10.7 Å². The number of hydrogen-bond donors (Lipinski definition) is 1. The zero-order valence-corrected chi connectivity index (χ0v) is 15.5. The SMILES string of the molecule is Cn1/c(=N\NC(=O)CC23CC4CC(CC(C4)C2)C3)sc2ccccc21. The highest BCUT2D eigenvalue weighted by Gasteiger charge is 2.51. The lowest BCUT2D eigenvalue weighted by molar-refractivity contribution is -0.129. The molecule has 25 heavy (non-hydrogen) atoms. The number of rotatable bonds is 3. The molecule has 0 unspecified atom stereocenters. The van der Waals surface area contributed by atoms with E-state index < -0.39 is 0 Å². The van der Waals surface area contributed by atoms with Crippen molar-refractivity contribution in [2.45, 2.75) is 44.9 Å². The summed E-state index contributed by atoms with van der Waals surface area (Å²) in [5.74, 6) is 2.75. The number of fused-ring (bicyclic) bond motifs is 1. The third kappa shape index (κ3) is 2.73. The molecule has 4 saturated carbocycles. The number of nitrogens with one attached hydrogen (secondary N) is 1. The van der Waals surface area contributed by atoms with E-state index in [-0.39, 0.29) is 11.3 Å². The van der Waals surface area contributed by atoms with E-state index in [1.165, 1.54) is 43.2 Å². The first kappa shape index (κ1) is 15.6. The molecule has 6 rings (SSSR count). The van der Waals surface area contributed by atoms with Crippen LogP contribution in [0.25, 0.3) is 10.2 Å². The highest BCUT2D eigenvalue weighted by atomic mass is 32.1. The molecule has 4 aliphatic rings. The van der Waals surface area contributed by atoms with Crippen molar-refractivity contribution >= 4 is 27.5 Å². The third-order valence-electron chi connectivity index (χ3n) is 6.69. The summed E-state index contributed by atoms with van der Waals surface area (Å²) in [6, 6.07) is 8.25. The predicted molar refractivity (Wildman–Crippen MR) is 99.7 cm³/mol. The van der Waals surface area contributed by atoms with E-state index >= 15 is 0 Å². The Morgan fingerprint density at radius 3 is 2.48 bits per heavy atom. The first-order valence-corrected chi connectivity index (χ1v) is 10.3. The summed E-state index contributed by atoms with van der Waals surface area (Å²) >= 11 is 1.62. The molecule has 0 spiro atoms. The van der Waals surface area contributed by atoms with Crippen LogP contribution in [0.3, 0.4) is 0 Å². The van der Waals surface area contributed by atoms with Crippen molar-refractivity contribution in [3.8, 4) is 0 Å². The highest BCUT2D eigenvalue weighted by Crippen LogP contribution is 2.61. The van der Waals surface area contributed by atoms with Gasteiger partial charge in [-0.3, -0.25) is 4.79 Å². The lowest BCUT2D eigenvalue weighted by atomic mass is 9.49. The Bertz CT molecular complexity index is 858. The molecule has 0 atom stereocenters. The summed E-state index contributed by atoms with van der Waals surface area (Å²) in [6.07, 6.45) is 8.72. The van der Waals surface area contributed by atoms with E-state index in [1.54, 1.807) is 11.3 Å². The Morgan fingerprint density at radius 1 is 1.20 bits per heavy atom. The zero-order chi connectivity index (χ0) is 17.0. The largest absolute Gasteiger partial charge is 0.318 e. The van der Waals surface area contributed by atoms with Gasteiger partial charge in [0.25, 0.3) is 0 Å². The Labute approximate surface area is 151 Å². The molecule has 5 heteroatoms. The molecule has 1 aromatic carbocycles. The van der Waals surface area contributed by atoms with E-state index in [4.69, 9.17) is 0 Å². The van der Waals surface area contributed by atoms with E-state index in [0.717, 1.165) is 28.1 Å². The van der Waals surface area contributed by atoms with Crippen LogP contribution in [0, 0.1) is 23.2 Å². The van der Waals surface area contributed by atoms with Crippen molar-refractivity contribution in [2.24, 2.45) is 35.3 Å². The molecule has 4 fully saturated rings. The number of hydrogen-bond acceptors (Lipinski definition) is 3. The van der Waals surface area contributed by atoms with Crippen LogP contribution in [0.2, 0.25) is 0 Å². The number of carbonyl (C=O) groups is 1. The topological polar surface area (TPSA) is 46.4 Å². The third-order valence-corrected chi connectivity index (χ3v) is 7.80. The normalized spacial score (nSPS) is 34.0. The second kappa shape index (κ2) is 5.70. The molecule has 1 aromatic heterocycles. The first-order valence-electron chi connectivity index (χ1n) is 9.47. The fourth-order valence-electron chi connectivity index (χ4n) is 6.19. The summed E-state index contributed by atoms with van der Waals surface area (Å²) in [5, 5.41) is 4.42. The molecule has 1 amide bonds. The van der Waals surface area contributed by atoms with Crippen molar-refractivity contribution in [1.82, 2.24) is 9.99 Å². The molecular weight excluding hydrogens is 330 g/mol. The van der Waals surface area contributed by atoms with Gasteiger partial charge in [-0.05, 0) is 73.8 Å². The van der Waals surface area contributed by atoms with Crippen LogP contribution in [0.5, 0.6) is 0 Å². The van der Waals surface area contributed by atoms with E-state index in [9.17, 15) is 4.79 Å². The van der Waals surface area contributed by atoms with Crippen LogP contribution >= 0.6 is 11.3 Å². The Balaban J connectivity index is 1.33. The van der Waals surface area contributed by atoms with Crippen LogP contribution in [0.1, 0.15) is 44.9 Å². The van der Waals surface area contributed by atoms with Gasteiger partial charge in [0.1, 0.15) is 0 Å². The second-order valence-corrected chi connectivity index (χ2v) is 9.66. The van der Waals surface area contributed by atoms with Crippen molar-refractivity contribution in [3.63, 3.8) is 0 Å². The Kier molecular flexibility index (Phi) is 3.56. The molecule has 4 nitrogen and oxygen atoms in total. The lowest BCUT2D eigenvalue weighted by Gasteiger charge is -2.56. The van der Waals surface area contributed by atoms with Gasteiger partial charge in [-0.1, -0.05) is 23.5 Å². The van der Waals surface area contributed by atoms with Gasteiger partial charge in [0.05, 0.1) is 10.2 Å². The van der Waals surface area contributed by atoms with E-state index in [0.29, 0.717) is 6.42 Å². The monoisotopic (exact) mass is 355 g/mol. The number of amides is 1. The number of carbonyl (C=O) groups excluding carboxylic acids is 1. The minimum absolute atomic E-state index is 0.0967. The fourth-order valence-corrected chi connectivity index (χ4v) is 7.16. The molecule has 4 aliphatic carbocycles. The minimum Gasteiger partial charge on any atom is -0.318 e. The average molecular weight is 356 g/mol. The number of para-hydroxylation sites is 1. The highest BCUT2D eigenvalue weighted by molar-refractivity contribution is 7.16. The van der Waals surface area contributed by atoms with E-state index in [1.807, 2.05) is 23.7 Å². The molecular formula is C20H25N3OS. The van der Waals surface area contributed by atoms with E-state index in [2.05, 4.69) is 22.7 Å². The average Bonchev–Trinajstić information content (AvgIpc) is 2.88. The van der Waals surface area contributed by atoms with Gasteiger partial charge < -0.3 is 4.57 Å². The quantitative estimate of drug-likeness (QED) is 0.837. The maximum absolute atomic E-state index is 12.6. The number of thiazole rings is 1. The Hall–Kier alpha value is -1.62. The van der Waals surface area contributed by atoms with Gasteiger partial charge >= 0.3 is 0 Å². The summed E-state index contributed by atoms with van der Waals surface area (Å²) < 4.78 is 3.24. The van der Waals surface area contributed by atoms with Crippen molar-refractivity contribution < 1.29 is 4.79 Å². The number of benzene rings is 1. The summed E-state index contributed by atoms with van der Waals surface area (Å²) in [7, 11) is 2.00. The van der Waals surface area contributed by atoms with Gasteiger partial charge in [-0.15, -0.1) is 5.10 Å². The molecule has 1 N–H and O–H groups in total. The lowest BCUT2D eigenvalue weighted by Crippen LogP contribution is -2.47. The van der Waals surface area contributed by atoms with Crippen LogP contribution in [0.4, 0.5) is 0 Å². The molecule has 4 bridgehead atoms. The number of aromatic nitrogens is 1. The molecule has 0 aliphatic heterocycles. The molecule has 2 aromatic rings. The Morgan fingerprint density at radius 2 is 1.84 bits per heavy atom. The van der Waals surface area contributed by atoms with Gasteiger partial charge in [-0.25, -0.2) is 5.43 Å². The maximum atomic E-state index is 12.6.